The van der Waals surface area contributed by atoms with Gasteiger partial charge in [-0.2, -0.15) is 0 Å². The molecule has 0 aromatic carbocycles. The number of sulfonamides is 1. The molecule has 0 saturated heterocycles. The van der Waals surface area contributed by atoms with E-state index in [1.807, 2.05) is 7.05 Å². The molecule has 1 saturated carbocycles. The monoisotopic (exact) mass is 274 g/mol. The van der Waals surface area contributed by atoms with Crippen LogP contribution in [0.2, 0.25) is 0 Å². The van der Waals surface area contributed by atoms with E-state index in [1.54, 1.807) is 18.5 Å². The third kappa shape index (κ3) is 3.07. The van der Waals surface area contributed by atoms with E-state index in [9.17, 15) is 8.42 Å². The average Bonchev–Trinajstić information content (AvgIpc) is 2.95. The number of hydrogen-bond acceptors (Lipinski definition) is 4. The number of nitrogens with zero attached hydrogens (tertiary/aromatic N) is 1. The Hall–Kier alpha value is -0.430. The molecular weight excluding hydrogens is 256 g/mol. The van der Waals surface area contributed by atoms with Crippen LogP contribution in [-0.4, -0.2) is 33.4 Å². The molecule has 0 unspecified atom stereocenters. The van der Waals surface area contributed by atoms with Crippen LogP contribution in [0.5, 0.6) is 0 Å². The zero-order chi connectivity index (χ0) is 12.5. The van der Waals surface area contributed by atoms with Crippen molar-refractivity contribution in [3.8, 4) is 0 Å². The second-order valence-electron chi connectivity index (χ2n) is 4.51. The van der Waals surface area contributed by atoms with E-state index in [2.05, 4.69) is 5.32 Å². The molecule has 1 aromatic heterocycles. The van der Waals surface area contributed by atoms with Crippen LogP contribution in [0.15, 0.2) is 16.3 Å². The first-order chi connectivity index (χ1) is 8.04. The molecule has 6 heteroatoms. The van der Waals surface area contributed by atoms with Crippen molar-refractivity contribution in [3.63, 3.8) is 0 Å². The van der Waals surface area contributed by atoms with E-state index in [0.717, 1.165) is 17.7 Å². The number of thiophene rings is 1. The fraction of sp³-hybridized carbons (Fsp3) is 0.636. The van der Waals surface area contributed by atoms with Crippen molar-refractivity contribution in [1.82, 2.24) is 9.62 Å². The van der Waals surface area contributed by atoms with Crippen LogP contribution < -0.4 is 5.32 Å². The quantitative estimate of drug-likeness (QED) is 0.855. The number of hydrogen-bond donors (Lipinski definition) is 1. The standard InChI is InChI=1S/C11H18N2O2S2/c1-12-6-10-5-11(8-16-10)17(14,15)13(2)7-9-3-4-9/h5,8-9,12H,3-4,6-7H2,1-2H3. The van der Waals surface area contributed by atoms with E-state index in [1.165, 1.54) is 15.6 Å². The van der Waals surface area contributed by atoms with Crippen LogP contribution in [0, 0.1) is 5.92 Å². The summed E-state index contributed by atoms with van der Waals surface area (Å²) >= 11 is 1.48. The highest BCUT2D eigenvalue weighted by Crippen LogP contribution is 2.31. The highest BCUT2D eigenvalue weighted by atomic mass is 32.2. The molecule has 1 aliphatic carbocycles. The van der Waals surface area contributed by atoms with Crippen LogP contribution in [0.25, 0.3) is 0 Å². The molecule has 2 rings (SSSR count). The van der Waals surface area contributed by atoms with Gasteiger partial charge in [-0.3, -0.25) is 0 Å². The third-order valence-corrected chi connectivity index (χ3v) is 5.79. The zero-order valence-corrected chi connectivity index (χ0v) is 11.8. The minimum absolute atomic E-state index is 0.427. The summed E-state index contributed by atoms with van der Waals surface area (Å²) in [7, 11) is 0.248. The number of nitrogens with one attached hydrogen (secondary N) is 1. The molecular formula is C11H18N2O2S2. The molecule has 0 spiro atoms. The van der Waals surface area contributed by atoms with Gasteiger partial charge in [0.1, 0.15) is 0 Å². The maximum absolute atomic E-state index is 12.2. The van der Waals surface area contributed by atoms with Crippen molar-refractivity contribution >= 4 is 21.4 Å². The fourth-order valence-electron chi connectivity index (χ4n) is 1.70. The van der Waals surface area contributed by atoms with Crippen molar-refractivity contribution in [2.45, 2.75) is 24.3 Å². The van der Waals surface area contributed by atoms with Crippen molar-refractivity contribution in [3.05, 3.63) is 16.3 Å². The van der Waals surface area contributed by atoms with Gasteiger partial charge < -0.3 is 5.32 Å². The summed E-state index contributed by atoms with van der Waals surface area (Å²) in [5.74, 6) is 0.574. The molecule has 0 radical (unpaired) electrons. The molecule has 0 atom stereocenters. The topological polar surface area (TPSA) is 49.4 Å². The Kier molecular flexibility index (Phi) is 3.87. The van der Waals surface area contributed by atoms with Crippen LogP contribution in [0.1, 0.15) is 17.7 Å². The van der Waals surface area contributed by atoms with E-state index in [-0.39, 0.29) is 0 Å². The lowest BCUT2D eigenvalue weighted by atomic mass is 10.4. The number of rotatable bonds is 6. The van der Waals surface area contributed by atoms with Crippen molar-refractivity contribution in [2.24, 2.45) is 5.92 Å². The van der Waals surface area contributed by atoms with Crippen molar-refractivity contribution < 1.29 is 8.42 Å². The molecule has 0 amide bonds. The molecule has 1 aromatic rings. The maximum Gasteiger partial charge on any atom is 0.243 e. The lowest BCUT2D eigenvalue weighted by Crippen LogP contribution is -2.28. The Morgan fingerprint density at radius 3 is 2.82 bits per heavy atom. The van der Waals surface area contributed by atoms with Crippen LogP contribution in [0.3, 0.4) is 0 Å². The van der Waals surface area contributed by atoms with Crippen LogP contribution in [0.4, 0.5) is 0 Å². The van der Waals surface area contributed by atoms with Gasteiger partial charge in [-0.25, -0.2) is 12.7 Å². The normalized spacial score (nSPS) is 16.6. The summed E-state index contributed by atoms with van der Waals surface area (Å²) in [6, 6.07) is 1.76. The minimum atomic E-state index is -3.28. The van der Waals surface area contributed by atoms with E-state index >= 15 is 0 Å². The smallest absolute Gasteiger partial charge is 0.243 e. The lowest BCUT2D eigenvalue weighted by Gasteiger charge is -2.15. The predicted molar refractivity (Wildman–Crippen MR) is 69.6 cm³/mol. The van der Waals surface area contributed by atoms with Gasteiger partial charge in [-0.15, -0.1) is 11.3 Å². The predicted octanol–water partition coefficient (Wildman–Crippen LogP) is 1.50. The maximum atomic E-state index is 12.2. The second kappa shape index (κ2) is 5.06. The van der Waals surface area contributed by atoms with Crippen LogP contribution >= 0.6 is 11.3 Å². The first-order valence-corrected chi connectivity index (χ1v) is 8.04. The highest BCUT2D eigenvalue weighted by molar-refractivity contribution is 7.89. The van der Waals surface area contributed by atoms with E-state index in [0.29, 0.717) is 23.9 Å². The summed E-state index contributed by atoms with van der Waals surface area (Å²) in [5.41, 5.74) is 0. The van der Waals surface area contributed by atoms with E-state index < -0.39 is 10.0 Å². The Morgan fingerprint density at radius 1 is 1.53 bits per heavy atom. The summed E-state index contributed by atoms with van der Waals surface area (Å²) in [4.78, 5) is 1.47. The minimum Gasteiger partial charge on any atom is -0.315 e. The lowest BCUT2D eigenvalue weighted by molar-refractivity contribution is 0.453. The van der Waals surface area contributed by atoms with E-state index in [4.69, 9.17) is 0 Å². The summed E-state index contributed by atoms with van der Waals surface area (Å²) in [6.45, 7) is 1.37. The zero-order valence-electron chi connectivity index (χ0n) is 10.1. The summed E-state index contributed by atoms with van der Waals surface area (Å²) in [5, 5.41) is 4.75. The van der Waals surface area contributed by atoms with Crippen molar-refractivity contribution in [1.29, 1.82) is 0 Å². The molecule has 1 heterocycles. The second-order valence-corrected chi connectivity index (χ2v) is 7.55. The van der Waals surface area contributed by atoms with Gasteiger partial charge in [-0.1, -0.05) is 0 Å². The Bertz CT molecular complexity index is 477. The fourth-order valence-corrected chi connectivity index (χ4v) is 4.23. The molecule has 96 valence electrons. The SMILES string of the molecule is CNCc1cc(S(=O)(=O)N(C)CC2CC2)cs1. The van der Waals surface area contributed by atoms with Gasteiger partial charge in [0, 0.05) is 30.4 Å². The highest BCUT2D eigenvalue weighted by Gasteiger charge is 2.29. The third-order valence-electron chi connectivity index (χ3n) is 2.90. The van der Waals surface area contributed by atoms with Gasteiger partial charge in [0.15, 0.2) is 0 Å². The molecule has 17 heavy (non-hydrogen) atoms. The molecule has 1 fully saturated rings. The molecule has 4 nitrogen and oxygen atoms in total. The van der Waals surface area contributed by atoms with Gasteiger partial charge in [-0.05, 0) is 31.9 Å². The van der Waals surface area contributed by atoms with Gasteiger partial charge in [0.2, 0.25) is 10.0 Å². The Balaban J connectivity index is 2.11. The van der Waals surface area contributed by atoms with Gasteiger partial charge in [0.05, 0.1) is 4.90 Å². The molecule has 1 N–H and O–H groups in total. The molecule has 1 aliphatic rings. The Morgan fingerprint density at radius 2 is 2.24 bits per heavy atom. The van der Waals surface area contributed by atoms with Crippen molar-refractivity contribution in [2.75, 3.05) is 20.6 Å². The largest absolute Gasteiger partial charge is 0.315 e. The first-order valence-electron chi connectivity index (χ1n) is 5.72. The van der Waals surface area contributed by atoms with Gasteiger partial charge in [0.25, 0.3) is 0 Å². The van der Waals surface area contributed by atoms with Gasteiger partial charge >= 0.3 is 0 Å². The summed E-state index contributed by atoms with van der Waals surface area (Å²) in [6.07, 6.45) is 2.32. The van der Waals surface area contributed by atoms with Crippen LogP contribution in [-0.2, 0) is 16.6 Å². The molecule has 0 bridgehead atoms. The first kappa shape index (κ1) is 13.0. The Labute approximate surface area is 107 Å². The molecule has 0 aliphatic heterocycles. The average molecular weight is 274 g/mol. The summed E-state index contributed by atoms with van der Waals surface area (Å²) < 4.78 is 25.9.